The maximum Gasteiger partial charge on any atom is 0.224 e. The summed E-state index contributed by atoms with van der Waals surface area (Å²) >= 11 is 1.60. The van der Waals surface area contributed by atoms with Crippen molar-refractivity contribution in [3.8, 4) is 10.6 Å². The van der Waals surface area contributed by atoms with Gasteiger partial charge in [-0.3, -0.25) is 10.1 Å². The minimum absolute atomic E-state index is 0.0276. The van der Waals surface area contributed by atoms with Crippen LogP contribution in [0.3, 0.4) is 0 Å². The zero-order valence-electron chi connectivity index (χ0n) is 12.8. The molecule has 3 aromatic rings. The van der Waals surface area contributed by atoms with Gasteiger partial charge in [-0.1, -0.05) is 36.4 Å². The second-order valence-corrected chi connectivity index (χ2v) is 6.63. The number of amides is 1. The van der Waals surface area contributed by atoms with Gasteiger partial charge in [0.2, 0.25) is 5.91 Å². The first-order valence-corrected chi connectivity index (χ1v) is 8.58. The van der Waals surface area contributed by atoms with E-state index < -0.39 is 6.29 Å². The van der Waals surface area contributed by atoms with E-state index in [0.717, 1.165) is 16.1 Å². The molecule has 4 rings (SSSR count). The first kappa shape index (κ1) is 14.9. The number of hydrogen-bond donors (Lipinski definition) is 3. The third kappa shape index (κ3) is 2.79. The van der Waals surface area contributed by atoms with Gasteiger partial charge in [-0.05, 0) is 17.0 Å². The molecule has 4 N–H and O–H groups in total. The lowest BCUT2D eigenvalue weighted by atomic mass is 10.0. The molecule has 6 nitrogen and oxygen atoms in total. The molecule has 7 heteroatoms. The zero-order valence-corrected chi connectivity index (χ0v) is 13.7. The van der Waals surface area contributed by atoms with Crippen molar-refractivity contribution >= 4 is 23.1 Å². The van der Waals surface area contributed by atoms with Crippen molar-refractivity contribution in [2.24, 2.45) is 0 Å². The Morgan fingerprint density at radius 2 is 2.04 bits per heavy atom. The predicted molar refractivity (Wildman–Crippen MR) is 94.1 cm³/mol. The van der Waals surface area contributed by atoms with E-state index in [9.17, 15) is 4.79 Å². The van der Waals surface area contributed by atoms with Gasteiger partial charge in [-0.2, -0.15) is 5.10 Å². The van der Waals surface area contributed by atoms with Crippen molar-refractivity contribution < 1.29 is 4.79 Å². The van der Waals surface area contributed by atoms with Crippen LogP contribution in [-0.4, -0.2) is 15.7 Å². The van der Waals surface area contributed by atoms with E-state index in [1.807, 2.05) is 53.9 Å². The third-order valence-electron chi connectivity index (χ3n) is 4.03. The number of nitrogen functional groups attached to an aromatic ring is 1. The predicted octanol–water partition coefficient (Wildman–Crippen LogP) is 2.50. The molecule has 122 valence electrons. The van der Waals surface area contributed by atoms with Crippen molar-refractivity contribution in [3.05, 3.63) is 59.5 Å². The van der Waals surface area contributed by atoms with Crippen LogP contribution >= 0.6 is 11.3 Å². The van der Waals surface area contributed by atoms with Crippen LogP contribution in [0.2, 0.25) is 0 Å². The molecule has 0 aliphatic carbocycles. The minimum Gasteiger partial charge on any atom is -0.384 e. The molecule has 1 amide bonds. The van der Waals surface area contributed by atoms with E-state index in [1.54, 1.807) is 16.0 Å². The number of nitrogens with one attached hydrogen (secondary N) is 2. The first-order valence-electron chi connectivity index (χ1n) is 7.70. The second kappa shape index (κ2) is 6.10. The SMILES string of the molecule is Nc1cc(-c2cccs2)nn1C1NC(=O)CC(c2ccccc2)N1. The molecule has 3 heterocycles. The highest BCUT2D eigenvalue weighted by molar-refractivity contribution is 7.13. The number of carbonyl (C=O) groups is 1. The van der Waals surface area contributed by atoms with Gasteiger partial charge >= 0.3 is 0 Å². The number of anilines is 1. The topological polar surface area (TPSA) is 85.0 Å². The Balaban J connectivity index is 1.63. The molecule has 2 atom stereocenters. The molecule has 0 spiro atoms. The number of nitrogens with zero attached hydrogens (tertiary/aromatic N) is 2. The zero-order chi connectivity index (χ0) is 16.5. The number of benzene rings is 1. The Hall–Kier alpha value is -2.64. The summed E-state index contributed by atoms with van der Waals surface area (Å²) in [7, 11) is 0. The van der Waals surface area contributed by atoms with Crippen molar-refractivity contribution in [1.29, 1.82) is 0 Å². The van der Waals surface area contributed by atoms with E-state index in [2.05, 4.69) is 15.7 Å². The van der Waals surface area contributed by atoms with Gasteiger partial charge in [0, 0.05) is 18.5 Å². The molecule has 0 saturated carbocycles. The Morgan fingerprint density at radius 1 is 1.21 bits per heavy atom. The Kier molecular flexibility index (Phi) is 3.79. The quantitative estimate of drug-likeness (QED) is 0.684. The van der Waals surface area contributed by atoms with E-state index in [4.69, 9.17) is 5.73 Å². The lowest BCUT2D eigenvalue weighted by Gasteiger charge is -2.32. The highest BCUT2D eigenvalue weighted by Crippen LogP contribution is 2.28. The number of carbonyl (C=O) groups excluding carboxylic acids is 1. The Labute approximate surface area is 143 Å². The van der Waals surface area contributed by atoms with E-state index in [1.165, 1.54) is 0 Å². The van der Waals surface area contributed by atoms with E-state index in [0.29, 0.717) is 12.2 Å². The molecule has 0 radical (unpaired) electrons. The summed E-state index contributed by atoms with van der Waals surface area (Å²) in [5.41, 5.74) is 8.00. The van der Waals surface area contributed by atoms with Gasteiger partial charge in [0.05, 0.1) is 4.88 Å². The summed E-state index contributed by atoms with van der Waals surface area (Å²) in [6, 6.07) is 15.6. The highest BCUT2D eigenvalue weighted by Gasteiger charge is 2.29. The smallest absolute Gasteiger partial charge is 0.224 e. The molecular formula is C17H17N5OS. The van der Waals surface area contributed by atoms with Gasteiger partial charge in [0.15, 0.2) is 6.29 Å². The van der Waals surface area contributed by atoms with Crippen LogP contribution in [0.5, 0.6) is 0 Å². The number of thiophene rings is 1. The summed E-state index contributed by atoms with van der Waals surface area (Å²) in [6.45, 7) is 0. The van der Waals surface area contributed by atoms with Crippen LogP contribution in [0, 0.1) is 0 Å². The summed E-state index contributed by atoms with van der Waals surface area (Å²) in [4.78, 5) is 13.2. The van der Waals surface area contributed by atoms with Crippen LogP contribution in [0.1, 0.15) is 24.3 Å². The van der Waals surface area contributed by atoms with E-state index in [-0.39, 0.29) is 11.9 Å². The summed E-state index contributed by atoms with van der Waals surface area (Å²) in [5, 5.41) is 12.9. The normalized spacial score (nSPS) is 20.8. The van der Waals surface area contributed by atoms with Gasteiger partial charge in [-0.15, -0.1) is 11.3 Å². The monoisotopic (exact) mass is 339 g/mol. The van der Waals surface area contributed by atoms with Gasteiger partial charge in [0.25, 0.3) is 0 Å². The van der Waals surface area contributed by atoms with Gasteiger partial charge in [-0.25, -0.2) is 4.68 Å². The Bertz CT molecular complexity index is 843. The van der Waals surface area contributed by atoms with Crippen LogP contribution < -0.4 is 16.4 Å². The van der Waals surface area contributed by atoms with Crippen molar-refractivity contribution in [2.75, 3.05) is 5.73 Å². The molecule has 1 aliphatic rings. The summed E-state index contributed by atoms with van der Waals surface area (Å²) in [6.07, 6.45) is -0.0791. The molecule has 2 aromatic heterocycles. The third-order valence-corrected chi connectivity index (χ3v) is 4.92. The molecule has 1 saturated heterocycles. The Morgan fingerprint density at radius 3 is 2.79 bits per heavy atom. The largest absolute Gasteiger partial charge is 0.384 e. The number of aromatic nitrogens is 2. The average molecular weight is 339 g/mol. The molecule has 24 heavy (non-hydrogen) atoms. The van der Waals surface area contributed by atoms with Crippen molar-refractivity contribution in [1.82, 2.24) is 20.4 Å². The maximum absolute atomic E-state index is 12.1. The van der Waals surface area contributed by atoms with Crippen LogP contribution in [0.4, 0.5) is 5.82 Å². The van der Waals surface area contributed by atoms with Crippen molar-refractivity contribution in [3.63, 3.8) is 0 Å². The van der Waals surface area contributed by atoms with E-state index >= 15 is 0 Å². The standard InChI is InChI=1S/C17H17N5OS/c18-15-9-13(14-7-4-8-24-14)21-22(15)17-19-12(10-16(23)20-17)11-5-2-1-3-6-11/h1-9,12,17,19H,10,18H2,(H,20,23). The van der Waals surface area contributed by atoms with Crippen LogP contribution in [0.15, 0.2) is 53.9 Å². The minimum atomic E-state index is -0.467. The fourth-order valence-electron chi connectivity index (χ4n) is 2.88. The van der Waals surface area contributed by atoms with Gasteiger partial charge in [0.1, 0.15) is 11.5 Å². The molecule has 2 unspecified atom stereocenters. The fourth-order valence-corrected chi connectivity index (χ4v) is 3.56. The first-order chi connectivity index (χ1) is 11.7. The molecule has 1 aromatic carbocycles. The summed E-state index contributed by atoms with van der Waals surface area (Å²) < 4.78 is 1.63. The lowest BCUT2D eigenvalue weighted by Crippen LogP contribution is -2.50. The van der Waals surface area contributed by atoms with Crippen LogP contribution in [-0.2, 0) is 4.79 Å². The van der Waals surface area contributed by atoms with Gasteiger partial charge < -0.3 is 11.1 Å². The summed E-state index contributed by atoms with van der Waals surface area (Å²) in [5.74, 6) is 0.477. The molecule has 1 aliphatic heterocycles. The molecule has 1 fully saturated rings. The highest BCUT2D eigenvalue weighted by atomic mass is 32.1. The second-order valence-electron chi connectivity index (χ2n) is 5.68. The van der Waals surface area contributed by atoms with Crippen LogP contribution in [0.25, 0.3) is 10.6 Å². The maximum atomic E-state index is 12.1. The fraction of sp³-hybridized carbons (Fsp3) is 0.176. The molecular weight excluding hydrogens is 322 g/mol. The number of hydrogen-bond acceptors (Lipinski definition) is 5. The van der Waals surface area contributed by atoms with Crippen molar-refractivity contribution in [2.45, 2.75) is 18.8 Å². The number of rotatable bonds is 3. The molecule has 0 bridgehead atoms. The lowest BCUT2D eigenvalue weighted by molar-refractivity contribution is -0.125. The average Bonchev–Trinajstić information content (AvgIpc) is 3.24. The number of nitrogens with two attached hydrogens (primary N) is 1.